The molecule has 2 fully saturated rings. The number of hydrogen-bond acceptors (Lipinski definition) is 4. The monoisotopic (exact) mass is 370 g/mol. The van der Waals surface area contributed by atoms with E-state index >= 15 is 0 Å². The lowest BCUT2D eigenvalue weighted by Gasteiger charge is -2.26. The number of urea groups is 1. The SMILES string of the molecule is CN(C)C(=O)N1CC[C@@H](c2nnc3ccc(C(=O)N4CCCCC4)cn23)C1. The van der Waals surface area contributed by atoms with Gasteiger partial charge in [-0.25, -0.2) is 4.79 Å². The number of pyridine rings is 1. The molecule has 27 heavy (non-hydrogen) atoms. The van der Waals surface area contributed by atoms with Gasteiger partial charge in [-0.2, -0.15) is 0 Å². The Morgan fingerprint density at radius 2 is 1.81 bits per heavy atom. The Kier molecular flexibility index (Phi) is 4.72. The number of piperidine rings is 1. The molecule has 3 amide bonds. The van der Waals surface area contributed by atoms with Crippen molar-refractivity contribution < 1.29 is 9.59 Å². The highest BCUT2D eigenvalue weighted by atomic mass is 16.2. The predicted molar refractivity (Wildman–Crippen MR) is 101 cm³/mol. The van der Waals surface area contributed by atoms with Gasteiger partial charge in [-0.1, -0.05) is 0 Å². The van der Waals surface area contributed by atoms with Gasteiger partial charge in [-0.3, -0.25) is 9.20 Å². The Morgan fingerprint density at radius 1 is 1.04 bits per heavy atom. The first-order valence-electron chi connectivity index (χ1n) is 9.65. The molecule has 1 atom stereocenters. The van der Waals surface area contributed by atoms with Gasteiger partial charge in [-0.05, 0) is 37.8 Å². The lowest BCUT2D eigenvalue weighted by Crippen LogP contribution is -2.37. The number of carbonyl (C=O) groups is 2. The van der Waals surface area contributed by atoms with E-state index in [2.05, 4.69) is 10.2 Å². The molecule has 2 saturated heterocycles. The Morgan fingerprint density at radius 3 is 2.56 bits per heavy atom. The maximum Gasteiger partial charge on any atom is 0.319 e. The molecule has 2 aromatic heterocycles. The van der Waals surface area contributed by atoms with E-state index in [-0.39, 0.29) is 17.9 Å². The molecule has 2 aromatic rings. The number of rotatable bonds is 2. The molecule has 8 nitrogen and oxygen atoms in total. The minimum Gasteiger partial charge on any atom is -0.339 e. The highest BCUT2D eigenvalue weighted by Crippen LogP contribution is 2.27. The summed E-state index contributed by atoms with van der Waals surface area (Å²) >= 11 is 0. The number of likely N-dealkylation sites (tertiary alicyclic amines) is 2. The molecule has 0 radical (unpaired) electrons. The van der Waals surface area contributed by atoms with Gasteiger partial charge in [0.2, 0.25) is 0 Å². The average Bonchev–Trinajstić information content (AvgIpc) is 3.33. The Balaban J connectivity index is 1.57. The maximum atomic E-state index is 12.8. The van der Waals surface area contributed by atoms with Crippen LogP contribution in [-0.4, -0.2) is 81.5 Å². The Labute approximate surface area is 158 Å². The average molecular weight is 370 g/mol. The van der Waals surface area contributed by atoms with Crippen LogP contribution in [0.4, 0.5) is 4.79 Å². The highest BCUT2D eigenvalue weighted by molar-refractivity contribution is 5.94. The van der Waals surface area contributed by atoms with E-state index < -0.39 is 0 Å². The van der Waals surface area contributed by atoms with E-state index in [1.807, 2.05) is 32.5 Å². The van der Waals surface area contributed by atoms with Gasteiger partial charge in [-0.15, -0.1) is 10.2 Å². The van der Waals surface area contributed by atoms with Gasteiger partial charge in [0, 0.05) is 52.4 Å². The van der Waals surface area contributed by atoms with Crippen LogP contribution in [0.15, 0.2) is 18.3 Å². The number of amides is 3. The quantitative estimate of drug-likeness (QED) is 0.808. The summed E-state index contributed by atoms with van der Waals surface area (Å²) in [6.07, 6.45) is 6.05. The minimum absolute atomic E-state index is 0.0206. The third-order valence-electron chi connectivity index (χ3n) is 5.53. The van der Waals surface area contributed by atoms with E-state index in [0.717, 1.165) is 43.8 Å². The standard InChI is InChI=1S/C19H26N6O2/c1-22(2)19(27)24-11-8-14(12-24)17-21-20-16-7-6-15(13-25(16)17)18(26)23-9-4-3-5-10-23/h6-7,13-14H,3-5,8-12H2,1-2H3/t14-/m1/s1. The fourth-order valence-electron chi connectivity index (χ4n) is 4.02. The van der Waals surface area contributed by atoms with Crippen LogP contribution in [0.2, 0.25) is 0 Å². The van der Waals surface area contributed by atoms with Crippen molar-refractivity contribution in [3.63, 3.8) is 0 Å². The van der Waals surface area contributed by atoms with Crippen LogP contribution < -0.4 is 0 Å². The van der Waals surface area contributed by atoms with Gasteiger partial charge < -0.3 is 14.7 Å². The number of aromatic nitrogens is 3. The molecule has 0 aliphatic carbocycles. The molecule has 2 aliphatic heterocycles. The minimum atomic E-state index is 0.0206. The lowest BCUT2D eigenvalue weighted by atomic mass is 10.1. The molecule has 0 N–H and O–H groups in total. The van der Waals surface area contributed by atoms with Gasteiger partial charge in [0.1, 0.15) is 5.82 Å². The van der Waals surface area contributed by atoms with Crippen LogP contribution in [0.5, 0.6) is 0 Å². The number of fused-ring (bicyclic) bond motifs is 1. The van der Waals surface area contributed by atoms with Crippen molar-refractivity contribution in [3.8, 4) is 0 Å². The normalized spacial score (nSPS) is 20.3. The summed E-state index contributed by atoms with van der Waals surface area (Å²) in [7, 11) is 3.53. The Bertz CT molecular complexity index is 855. The fraction of sp³-hybridized carbons (Fsp3) is 0.579. The summed E-state index contributed by atoms with van der Waals surface area (Å²) in [5.74, 6) is 1.03. The third kappa shape index (κ3) is 3.36. The molecule has 0 spiro atoms. The van der Waals surface area contributed by atoms with Crippen LogP contribution >= 0.6 is 0 Å². The summed E-state index contributed by atoms with van der Waals surface area (Å²) in [6, 6.07) is 3.71. The fourth-order valence-corrected chi connectivity index (χ4v) is 4.02. The molecule has 2 aliphatic rings. The van der Waals surface area contributed by atoms with Crippen LogP contribution in [0.3, 0.4) is 0 Å². The summed E-state index contributed by atoms with van der Waals surface area (Å²) in [6.45, 7) is 3.00. The molecule has 8 heteroatoms. The third-order valence-corrected chi connectivity index (χ3v) is 5.53. The summed E-state index contributed by atoms with van der Waals surface area (Å²) in [5.41, 5.74) is 1.40. The topological polar surface area (TPSA) is 74.0 Å². The predicted octanol–water partition coefficient (Wildman–Crippen LogP) is 1.83. The molecule has 0 unspecified atom stereocenters. The zero-order chi connectivity index (χ0) is 19.0. The van der Waals surface area contributed by atoms with Crippen LogP contribution in [-0.2, 0) is 0 Å². The van der Waals surface area contributed by atoms with Crippen LogP contribution in [0, 0.1) is 0 Å². The van der Waals surface area contributed by atoms with E-state index in [4.69, 9.17) is 0 Å². The van der Waals surface area contributed by atoms with Crippen molar-refractivity contribution in [3.05, 3.63) is 29.7 Å². The van der Waals surface area contributed by atoms with Crippen molar-refractivity contribution >= 4 is 17.6 Å². The molecule has 144 valence electrons. The molecule has 4 heterocycles. The largest absolute Gasteiger partial charge is 0.339 e. The number of nitrogens with zero attached hydrogens (tertiary/aromatic N) is 6. The zero-order valence-corrected chi connectivity index (χ0v) is 16.0. The second-order valence-electron chi connectivity index (χ2n) is 7.67. The molecule has 0 bridgehead atoms. The summed E-state index contributed by atoms with van der Waals surface area (Å²) < 4.78 is 1.92. The first-order chi connectivity index (χ1) is 13.0. The zero-order valence-electron chi connectivity index (χ0n) is 16.0. The highest BCUT2D eigenvalue weighted by Gasteiger charge is 2.31. The van der Waals surface area contributed by atoms with Gasteiger partial charge in [0.25, 0.3) is 5.91 Å². The molecule has 0 aromatic carbocycles. The molecular weight excluding hydrogens is 344 g/mol. The maximum absolute atomic E-state index is 12.8. The van der Waals surface area contributed by atoms with E-state index in [9.17, 15) is 9.59 Å². The van der Waals surface area contributed by atoms with Crippen molar-refractivity contribution in [2.24, 2.45) is 0 Å². The van der Waals surface area contributed by atoms with Gasteiger partial charge >= 0.3 is 6.03 Å². The number of carbonyl (C=O) groups excluding carboxylic acids is 2. The van der Waals surface area contributed by atoms with E-state index in [0.29, 0.717) is 18.7 Å². The van der Waals surface area contributed by atoms with Crippen molar-refractivity contribution in [2.45, 2.75) is 31.6 Å². The van der Waals surface area contributed by atoms with Gasteiger partial charge in [0.05, 0.1) is 5.56 Å². The van der Waals surface area contributed by atoms with Crippen molar-refractivity contribution in [2.75, 3.05) is 40.3 Å². The second-order valence-corrected chi connectivity index (χ2v) is 7.67. The molecule has 0 saturated carbocycles. The Hall–Kier alpha value is -2.64. The molecular formula is C19H26N6O2. The van der Waals surface area contributed by atoms with Crippen molar-refractivity contribution in [1.82, 2.24) is 29.3 Å². The first kappa shape index (κ1) is 17.8. The van der Waals surface area contributed by atoms with Crippen molar-refractivity contribution in [1.29, 1.82) is 0 Å². The summed E-state index contributed by atoms with van der Waals surface area (Å²) in [5, 5.41) is 8.62. The summed E-state index contributed by atoms with van der Waals surface area (Å²) in [4.78, 5) is 30.4. The van der Waals surface area contributed by atoms with E-state index in [1.165, 1.54) is 6.42 Å². The van der Waals surface area contributed by atoms with E-state index in [1.54, 1.807) is 19.0 Å². The number of hydrogen-bond donors (Lipinski definition) is 0. The van der Waals surface area contributed by atoms with Crippen LogP contribution in [0.1, 0.15) is 47.8 Å². The first-order valence-corrected chi connectivity index (χ1v) is 9.65. The molecule has 4 rings (SSSR count). The second kappa shape index (κ2) is 7.17. The lowest BCUT2D eigenvalue weighted by molar-refractivity contribution is 0.0724. The smallest absolute Gasteiger partial charge is 0.319 e. The van der Waals surface area contributed by atoms with Crippen LogP contribution in [0.25, 0.3) is 5.65 Å². The van der Waals surface area contributed by atoms with Gasteiger partial charge in [0.15, 0.2) is 5.65 Å².